The highest BCUT2D eigenvalue weighted by atomic mass is 35.5. The number of hydrogen-bond acceptors (Lipinski definition) is 1. The molecule has 5 heteroatoms. The van der Waals surface area contributed by atoms with Gasteiger partial charge in [-0.25, -0.2) is 9.18 Å². The molecule has 0 saturated heterocycles. The molecule has 0 fully saturated rings. The van der Waals surface area contributed by atoms with Crippen LogP contribution in [0.1, 0.15) is 11.1 Å². The Morgan fingerprint density at radius 3 is 2.65 bits per heavy atom. The van der Waals surface area contributed by atoms with Gasteiger partial charge in [0.1, 0.15) is 5.82 Å². The monoisotopic (exact) mass is 330 g/mol. The zero-order chi connectivity index (χ0) is 16.7. The van der Waals surface area contributed by atoms with Gasteiger partial charge in [-0.2, -0.15) is 0 Å². The minimum absolute atomic E-state index is 0.0868. The smallest absolute Gasteiger partial charge is 0.318 e. The third kappa shape index (κ3) is 5.01. The largest absolute Gasteiger partial charge is 0.327 e. The van der Waals surface area contributed by atoms with Crippen LogP contribution >= 0.6 is 11.6 Å². The summed E-state index contributed by atoms with van der Waals surface area (Å²) >= 11 is 5.95. The van der Waals surface area contributed by atoms with Crippen LogP contribution in [0.25, 0.3) is 0 Å². The first kappa shape index (κ1) is 16.9. The number of urea groups is 1. The van der Waals surface area contributed by atoms with E-state index in [4.69, 9.17) is 11.6 Å². The number of rotatable bonds is 3. The fourth-order valence-corrected chi connectivity index (χ4v) is 2.14. The zero-order valence-electron chi connectivity index (χ0n) is 12.6. The van der Waals surface area contributed by atoms with E-state index in [0.29, 0.717) is 10.6 Å². The van der Waals surface area contributed by atoms with E-state index in [9.17, 15) is 9.18 Å². The number of carbonyl (C=O) groups is 1. The number of hydrogen-bond donors (Lipinski definition) is 1. The summed E-state index contributed by atoms with van der Waals surface area (Å²) in [6.45, 7) is 0.298. The van der Waals surface area contributed by atoms with E-state index < -0.39 is 5.82 Å². The molecule has 0 aliphatic carbocycles. The van der Waals surface area contributed by atoms with Crippen molar-refractivity contribution in [1.29, 1.82) is 0 Å². The number of benzene rings is 2. The first-order valence-electron chi connectivity index (χ1n) is 7.03. The van der Waals surface area contributed by atoms with Gasteiger partial charge in [0.25, 0.3) is 0 Å². The second kappa shape index (κ2) is 8.21. The van der Waals surface area contributed by atoms with Crippen molar-refractivity contribution in [3.63, 3.8) is 0 Å². The standard InChI is InChI=1S/C18H16ClFN2O/c1-22(13-15-16(19)10-5-11-17(15)20)18(23)21-12-6-9-14-7-3-2-4-8-14/h2-5,7-8,10-11H,12-13H2,1H3,(H,21,23). The fourth-order valence-electron chi connectivity index (χ4n) is 1.91. The Kier molecular flexibility index (Phi) is 6.02. The molecular formula is C18H16ClFN2O. The summed E-state index contributed by atoms with van der Waals surface area (Å²) in [6.07, 6.45) is 0. The molecule has 2 amide bonds. The van der Waals surface area contributed by atoms with Crippen LogP contribution in [0, 0.1) is 17.7 Å². The minimum atomic E-state index is -0.430. The Morgan fingerprint density at radius 2 is 1.96 bits per heavy atom. The van der Waals surface area contributed by atoms with Crippen molar-refractivity contribution < 1.29 is 9.18 Å². The Balaban J connectivity index is 1.87. The third-order valence-electron chi connectivity index (χ3n) is 3.14. The average Bonchev–Trinajstić information content (AvgIpc) is 2.55. The molecule has 0 heterocycles. The van der Waals surface area contributed by atoms with E-state index in [1.54, 1.807) is 13.1 Å². The topological polar surface area (TPSA) is 32.3 Å². The van der Waals surface area contributed by atoms with Gasteiger partial charge >= 0.3 is 6.03 Å². The lowest BCUT2D eigenvalue weighted by Gasteiger charge is -2.18. The van der Waals surface area contributed by atoms with Gasteiger partial charge < -0.3 is 10.2 Å². The molecule has 0 unspecified atom stereocenters. The van der Waals surface area contributed by atoms with E-state index in [2.05, 4.69) is 17.2 Å². The first-order chi connectivity index (χ1) is 11.1. The first-order valence-corrected chi connectivity index (χ1v) is 7.41. The van der Waals surface area contributed by atoms with Crippen LogP contribution in [-0.2, 0) is 6.54 Å². The van der Waals surface area contributed by atoms with Gasteiger partial charge in [0.2, 0.25) is 0 Å². The van der Waals surface area contributed by atoms with Crippen molar-refractivity contribution in [2.45, 2.75) is 6.54 Å². The van der Waals surface area contributed by atoms with Crippen molar-refractivity contribution in [2.75, 3.05) is 13.6 Å². The number of nitrogens with zero attached hydrogens (tertiary/aromatic N) is 1. The van der Waals surface area contributed by atoms with Crippen molar-refractivity contribution in [3.05, 3.63) is 70.5 Å². The van der Waals surface area contributed by atoms with Crippen molar-refractivity contribution in [1.82, 2.24) is 10.2 Å². The summed E-state index contributed by atoms with van der Waals surface area (Å²) in [5.41, 5.74) is 1.18. The van der Waals surface area contributed by atoms with E-state index in [-0.39, 0.29) is 19.1 Å². The molecule has 2 rings (SSSR count). The van der Waals surface area contributed by atoms with Crippen LogP contribution in [-0.4, -0.2) is 24.5 Å². The molecule has 2 aromatic carbocycles. The Morgan fingerprint density at radius 1 is 1.22 bits per heavy atom. The highest BCUT2D eigenvalue weighted by Crippen LogP contribution is 2.20. The SMILES string of the molecule is CN(Cc1c(F)cccc1Cl)C(=O)NCC#Cc1ccccc1. The second-order valence-electron chi connectivity index (χ2n) is 4.88. The number of halogens is 2. The molecule has 0 aliphatic rings. The Hall–Kier alpha value is -2.51. The number of amides is 2. The molecule has 0 atom stereocenters. The summed E-state index contributed by atoms with van der Waals surface area (Å²) in [5.74, 6) is 5.38. The van der Waals surface area contributed by atoms with E-state index in [1.807, 2.05) is 30.3 Å². The van der Waals surface area contributed by atoms with Crippen molar-refractivity contribution in [3.8, 4) is 11.8 Å². The van der Waals surface area contributed by atoms with Gasteiger partial charge in [0.05, 0.1) is 13.1 Å². The van der Waals surface area contributed by atoms with Gasteiger partial charge in [-0.1, -0.05) is 47.7 Å². The Bertz CT molecular complexity index is 717. The molecule has 0 aliphatic heterocycles. The zero-order valence-corrected chi connectivity index (χ0v) is 13.4. The summed E-state index contributed by atoms with van der Waals surface area (Å²) in [7, 11) is 1.57. The normalized spacial score (nSPS) is 9.70. The predicted molar refractivity (Wildman–Crippen MR) is 89.6 cm³/mol. The van der Waals surface area contributed by atoms with Crippen LogP contribution in [0.2, 0.25) is 5.02 Å². The van der Waals surface area contributed by atoms with Crippen molar-refractivity contribution in [2.24, 2.45) is 0 Å². The minimum Gasteiger partial charge on any atom is -0.327 e. The van der Waals surface area contributed by atoms with E-state index in [1.165, 1.54) is 17.0 Å². The van der Waals surface area contributed by atoms with Crippen LogP contribution in [0.5, 0.6) is 0 Å². The second-order valence-corrected chi connectivity index (χ2v) is 5.29. The number of carbonyl (C=O) groups excluding carboxylic acids is 1. The summed E-state index contributed by atoms with van der Waals surface area (Å²) in [5, 5.41) is 2.96. The number of nitrogens with one attached hydrogen (secondary N) is 1. The summed E-state index contributed by atoms with van der Waals surface area (Å²) in [4.78, 5) is 13.3. The molecule has 0 bridgehead atoms. The summed E-state index contributed by atoms with van der Waals surface area (Å²) < 4.78 is 13.7. The van der Waals surface area contributed by atoms with Crippen LogP contribution in [0.15, 0.2) is 48.5 Å². The lowest BCUT2D eigenvalue weighted by molar-refractivity contribution is 0.207. The van der Waals surface area contributed by atoms with Gasteiger partial charge in [0, 0.05) is 23.2 Å². The lowest BCUT2D eigenvalue weighted by atomic mass is 10.2. The van der Waals surface area contributed by atoms with Crippen molar-refractivity contribution >= 4 is 17.6 Å². The molecule has 3 nitrogen and oxygen atoms in total. The maximum absolute atomic E-state index is 13.7. The predicted octanol–water partition coefficient (Wildman–Crippen LogP) is 3.67. The molecule has 1 N–H and O–H groups in total. The highest BCUT2D eigenvalue weighted by molar-refractivity contribution is 6.31. The van der Waals surface area contributed by atoms with Crippen LogP contribution in [0.4, 0.5) is 9.18 Å². The average molecular weight is 331 g/mol. The molecule has 23 heavy (non-hydrogen) atoms. The molecule has 0 spiro atoms. The maximum Gasteiger partial charge on any atom is 0.318 e. The van der Waals surface area contributed by atoms with Crippen LogP contribution < -0.4 is 5.32 Å². The van der Waals surface area contributed by atoms with Gasteiger partial charge in [-0.3, -0.25) is 0 Å². The van der Waals surface area contributed by atoms with E-state index >= 15 is 0 Å². The van der Waals surface area contributed by atoms with E-state index in [0.717, 1.165) is 5.56 Å². The molecule has 2 aromatic rings. The highest BCUT2D eigenvalue weighted by Gasteiger charge is 2.13. The molecule has 118 valence electrons. The van der Waals surface area contributed by atoms with Gasteiger partial charge in [-0.05, 0) is 24.3 Å². The van der Waals surface area contributed by atoms with Gasteiger partial charge in [-0.15, -0.1) is 0 Å². The lowest BCUT2D eigenvalue weighted by Crippen LogP contribution is -2.37. The molecule has 0 radical (unpaired) electrons. The Labute approximate surface area is 140 Å². The fraction of sp³-hybridized carbons (Fsp3) is 0.167. The maximum atomic E-state index is 13.7. The third-order valence-corrected chi connectivity index (χ3v) is 3.49. The van der Waals surface area contributed by atoms with Crippen LogP contribution in [0.3, 0.4) is 0 Å². The molecule has 0 aromatic heterocycles. The molecular weight excluding hydrogens is 315 g/mol. The summed E-state index contributed by atoms with van der Waals surface area (Å²) in [6, 6.07) is 13.6. The quantitative estimate of drug-likeness (QED) is 0.856. The molecule has 0 saturated carbocycles. The van der Waals surface area contributed by atoms with Gasteiger partial charge in [0.15, 0.2) is 0 Å².